The third-order valence-corrected chi connectivity index (χ3v) is 2.56. The highest BCUT2D eigenvalue weighted by Crippen LogP contribution is 2.19. The molecule has 2 aromatic rings. The van der Waals surface area contributed by atoms with Crippen molar-refractivity contribution in [3.63, 3.8) is 0 Å². The van der Waals surface area contributed by atoms with E-state index in [9.17, 15) is 18.0 Å². The third-order valence-electron chi connectivity index (χ3n) is 2.56. The van der Waals surface area contributed by atoms with Crippen molar-refractivity contribution >= 4 is 5.69 Å². The maximum absolute atomic E-state index is 13.3. The number of hydrogen-bond acceptors (Lipinski definition) is 2. The van der Waals surface area contributed by atoms with Gasteiger partial charge in [0.15, 0.2) is 11.6 Å². The van der Waals surface area contributed by atoms with E-state index >= 15 is 0 Å². The van der Waals surface area contributed by atoms with Gasteiger partial charge in [0.1, 0.15) is 11.5 Å². The summed E-state index contributed by atoms with van der Waals surface area (Å²) in [4.78, 5) is 11.4. The number of hydrogen-bond donors (Lipinski definition) is 1. The monoisotopic (exact) mass is 268 g/mol. The van der Waals surface area contributed by atoms with E-state index < -0.39 is 23.1 Å². The van der Waals surface area contributed by atoms with Crippen LogP contribution >= 0.6 is 0 Å². The fourth-order valence-corrected chi connectivity index (χ4v) is 1.66. The van der Waals surface area contributed by atoms with E-state index in [2.05, 4.69) is 5.32 Å². The first-order valence-corrected chi connectivity index (χ1v) is 5.62. The highest BCUT2D eigenvalue weighted by Gasteiger charge is 2.10. The van der Waals surface area contributed by atoms with E-state index in [1.165, 1.54) is 10.6 Å². The van der Waals surface area contributed by atoms with E-state index in [4.69, 9.17) is 0 Å². The van der Waals surface area contributed by atoms with Crippen LogP contribution in [0.25, 0.3) is 0 Å². The summed E-state index contributed by atoms with van der Waals surface area (Å²) in [6.45, 7) is 0.388. The highest BCUT2D eigenvalue weighted by atomic mass is 19.1. The molecule has 1 aromatic heterocycles. The number of pyridine rings is 1. The Labute approximate surface area is 107 Å². The van der Waals surface area contributed by atoms with Crippen LogP contribution in [0.4, 0.5) is 18.9 Å². The summed E-state index contributed by atoms with van der Waals surface area (Å²) in [6, 6.07) is 5.87. The number of halogens is 3. The van der Waals surface area contributed by atoms with Gasteiger partial charge in [0, 0.05) is 37.5 Å². The van der Waals surface area contributed by atoms with Gasteiger partial charge in [-0.05, 0) is 6.07 Å². The average molecular weight is 268 g/mol. The molecule has 0 saturated carbocycles. The van der Waals surface area contributed by atoms with Gasteiger partial charge in [-0.25, -0.2) is 13.2 Å². The summed E-state index contributed by atoms with van der Waals surface area (Å²) < 4.78 is 40.7. The normalized spacial score (nSPS) is 10.5. The molecule has 3 nitrogen and oxygen atoms in total. The van der Waals surface area contributed by atoms with Crippen LogP contribution < -0.4 is 10.9 Å². The second-order valence-electron chi connectivity index (χ2n) is 3.90. The van der Waals surface area contributed by atoms with Gasteiger partial charge >= 0.3 is 0 Å². The Morgan fingerprint density at radius 2 is 1.79 bits per heavy atom. The summed E-state index contributed by atoms with van der Waals surface area (Å²) in [5.41, 5.74) is -0.602. The van der Waals surface area contributed by atoms with E-state index in [-0.39, 0.29) is 18.6 Å². The van der Waals surface area contributed by atoms with Crippen LogP contribution in [0.2, 0.25) is 0 Å². The molecule has 1 heterocycles. The molecule has 0 aliphatic heterocycles. The zero-order valence-corrected chi connectivity index (χ0v) is 9.87. The zero-order valence-electron chi connectivity index (χ0n) is 9.87. The Morgan fingerprint density at radius 1 is 1.11 bits per heavy atom. The van der Waals surface area contributed by atoms with Gasteiger partial charge in [0.2, 0.25) is 0 Å². The molecule has 0 amide bonds. The van der Waals surface area contributed by atoms with Gasteiger partial charge in [-0.1, -0.05) is 6.07 Å². The van der Waals surface area contributed by atoms with Crippen molar-refractivity contribution in [1.82, 2.24) is 4.57 Å². The molecule has 0 radical (unpaired) electrons. The molecule has 100 valence electrons. The summed E-state index contributed by atoms with van der Waals surface area (Å²) in [5.74, 6) is -2.98. The molecule has 1 N–H and O–H groups in total. The Bertz CT molecular complexity index is 617. The lowest BCUT2D eigenvalue weighted by atomic mass is 10.2. The maximum atomic E-state index is 13.3. The van der Waals surface area contributed by atoms with Gasteiger partial charge in [-0.15, -0.1) is 0 Å². The molecule has 2 rings (SSSR count). The van der Waals surface area contributed by atoms with Crippen molar-refractivity contribution in [1.29, 1.82) is 0 Å². The highest BCUT2D eigenvalue weighted by molar-refractivity contribution is 5.46. The van der Waals surface area contributed by atoms with E-state index in [1.807, 2.05) is 0 Å². The standard InChI is InChI=1S/C13H11F3N2O/c14-9-7-10(15)13(11(16)8-9)17-4-6-18-5-2-1-3-12(18)19/h1-3,5,7-8,17H,4,6H2. The topological polar surface area (TPSA) is 34.0 Å². The zero-order chi connectivity index (χ0) is 13.8. The molecule has 0 aliphatic rings. The van der Waals surface area contributed by atoms with Crippen molar-refractivity contribution in [2.75, 3.05) is 11.9 Å². The minimum Gasteiger partial charge on any atom is -0.378 e. The molecular formula is C13H11F3N2O. The summed E-state index contributed by atoms with van der Waals surface area (Å²) in [6.07, 6.45) is 1.57. The predicted octanol–water partition coefficient (Wildman–Crippen LogP) is 2.38. The van der Waals surface area contributed by atoms with Gasteiger partial charge in [0.05, 0.1) is 0 Å². The summed E-state index contributed by atoms with van der Waals surface area (Å²) >= 11 is 0. The van der Waals surface area contributed by atoms with Crippen molar-refractivity contribution in [2.45, 2.75) is 6.54 Å². The molecule has 6 heteroatoms. The van der Waals surface area contributed by atoms with Crippen molar-refractivity contribution < 1.29 is 13.2 Å². The fraction of sp³-hybridized carbons (Fsp3) is 0.154. The lowest BCUT2D eigenvalue weighted by molar-refractivity contribution is 0.546. The first-order valence-electron chi connectivity index (χ1n) is 5.62. The quantitative estimate of drug-likeness (QED) is 0.923. The molecule has 0 unspecified atom stereocenters. The predicted molar refractivity (Wildman–Crippen MR) is 65.5 cm³/mol. The van der Waals surface area contributed by atoms with Crippen LogP contribution in [0.3, 0.4) is 0 Å². The molecule has 0 aliphatic carbocycles. The van der Waals surface area contributed by atoms with Gasteiger partial charge in [-0.3, -0.25) is 4.79 Å². The van der Waals surface area contributed by atoms with Crippen LogP contribution in [0, 0.1) is 17.5 Å². The van der Waals surface area contributed by atoms with Gasteiger partial charge in [0.25, 0.3) is 5.56 Å². The molecule has 0 spiro atoms. The molecule has 19 heavy (non-hydrogen) atoms. The van der Waals surface area contributed by atoms with Crippen molar-refractivity contribution in [2.24, 2.45) is 0 Å². The molecule has 0 bridgehead atoms. The number of benzene rings is 1. The van der Waals surface area contributed by atoms with Crippen LogP contribution in [0.15, 0.2) is 41.3 Å². The van der Waals surface area contributed by atoms with Crippen LogP contribution in [0.1, 0.15) is 0 Å². The molecular weight excluding hydrogens is 257 g/mol. The van der Waals surface area contributed by atoms with Crippen LogP contribution in [-0.4, -0.2) is 11.1 Å². The number of nitrogens with zero attached hydrogens (tertiary/aromatic N) is 1. The fourth-order valence-electron chi connectivity index (χ4n) is 1.66. The minimum absolute atomic E-state index is 0.142. The smallest absolute Gasteiger partial charge is 0.250 e. The Kier molecular flexibility index (Phi) is 3.89. The summed E-state index contributed by atoms with van der Waals surface area (Å²) in [7, 11) is 0. The number of nitrogens with one attached hydrogen (secondary N) is 1. The number of aromatic nitrogens is 1. The molecule has 1 aromatic carbocycles. The maximum Gasteiger partial charge on any atom is 0.250 e. The van der Waals surface area contributed by atoms with Crippen molar-refractivity contribution in [3.05, 3.63) is 64.3 Å². The Morgan fingerprint density at radius 3 is 2.42 bits per heavy atom. The van der Waals surface area contributed by atoms with Crippen LogP contribution in [0.5, 0.6) is 0 Å². The van der Waals surface area contributed by atoms with Crippen LogP contribution in [-0.2, 0) is 6.54 Å². The third kappa shape index (κ3) is 3.15. The minimum atomic E-state index is -1.00. The first kappa shape index (κ1) is 13.2. The number of anilines is 1. The van der Waals surface area contributed by atoms with E-state index in [0.717, 1.165) is 0 Å². The molecule has 0 fully saturated rings. The first-order chi connectivity index (χ1) is 9.08. The van der Waals surface area contributed by atoms with E-state index in [1.54, 1.807) is 18.3 Å². The van der Waals surface area contributed by atoms with Gasteiger partial charge < -0.3 is 9.88 Å². The second kappa shape index (κ2) is 5.60. The Balaban J connectivity index is 2.04. The lowest BCUT2D eigenvalue weighted by Gasteiger charge is -2.10. The number of rotatable bonds is 4. The lowest BCUT2D eigenvalue weighted by Crippen LogP contribution is -2.22. The average Bonchev–Trinajstić information content (AvgIpc) is 2.34. The van der Waals surface area contributed by atoms with Crippen molar-refractivity contribution in [3.8, 4) is 0 Å². The Hall–Kier alpha value is -2.24. The van der Waals surface area contributed by atoms with E-state index in [0.29, 0.717) is 12.1 Å². The van der Waals surface area contributed by atoms with Gasteiger partial charge in [-0.2, -0.15) is 0 Å². The SMILES string of the molecule is O=c1ccccn1CCNc1c(F)cc(F)cc1F. The summed E-state index contributed by atoms with van der Waals surface area (Å²) in [5, 5.41) is 2.51. The molecule has 0 saturated heterocycles. The second-order valence-corrected chi connectivity index (χ2v) is 3.90. The largest absolute Gasteiger partial charge is 0.378 e. The molecule has 0 atom stereocenters.